The molecule has 0 aromatic rings. The lowest BCUT2D eigenvalue weighted by molar-refractivity contribution is -0.302. The molecule has 1 aliphatic carbocycles. The van der Waals surface area contributed by atoms with Crippen LogP contribution in [0.2, 0.25) is 0 Å². The number of carbonyl (C=O) groups excluding carboxylic acids is 5. The summed E-state index contributed by atoms with van der Waals surface area (Å²) < 4.78 is 35.6. The van der Waals surface area contributed by atoms with Crippen LogP contribution < -0.4 is 0 Å². The van der Waals surface area contributed by atoms with Crippen molar-refractivity contribution in [3.8, 4) is 0 Å². The van der Waals surface area contributed by atoms with E-state index < -0.39 is 83.9 Å². The molecule has 5 aliphatic heterocycles. The van der Waals surface area contributed by atoms with Crippen LogP contribution in [0.25, 0.3) is 0 Å². The van der Waals surface area contributed by atoms with Crippen molar-refractivity contribution in [2.24, 2.45) is 29.6 Å². The van der Waals surface area contributed by atoms with Crippen LogP contribution in [0.1, 0.15) is 118 Å². The standard InChI is InChI=1S/C52H83N3O14/c1-31-22-32(2)24-44(65-7)48-45(66-8)26-34(4)52(63,69-48)49(60)50(61)55-17-10-9-13-39(55)51(62)68-47(33(3)25-36-15-16-40(56)43(27-36)64-6)35(5)41(57)28-42(58)37(23-31)12-11-14-46(59)54-29-38(30-54)53-18-20-67-21-19-53/h23,25,32,34-41,43-45,47-48,56-57,63H,9-22,24,26-30H2,1-8H3/b31-23+,33-25+/t32-,34+,35+,36-,37+,39-,40+,41-,43+,44-,45-,47+,48+,52+/m0/s1. The fourth-order valence-electron chi connectivity index (χ4n) is 11.8. The van der Waals surface area contributed by atoms with Gasteiger partial charge in [0.15, 0.2) is 0 Å². The fourth-order valence-corrected chi connectivity index (χ4v) is 11.8. The summed E-state index contributed by atoms with van der Waals surface area (Å²) in [5.41, 5.74) is 1.56. The van der Waals surface area contributed by atoms with Crippen LogP contribution in [0.5, 0.6) is 0 Å². The number of hydrogen-bond acceptors (Lipinski definition) is 15. The Morgan fingerprint density at radius 1 is 0.870 bits per heavy atom. The van der Waals surface area contributed by atoms with Gasteiger partial charge in [0.1, 0.15) is 24.0 Å². The molecule has 69 heavy (non-hydrogen) atoms. The maximum atomic E-state index is 14.5. The second-order valence-electron chi connectivity index (χ2n) is 21.2. The van der Waals surface area contributed by atoms with Gasteiger partial charge in [-0.3, -0.25) is 24.1 Å². The van der Waals surface area contributed by atoms with Gasteiger partial charge >= 0.3 is 5.97 Å². The second kappa shape index (κ2) is 25.0. The molecule has 5 fully saturated rings. The van der Waals surface area contributed by atoms with Gasteiger partial charge in [-0.15, -0.1) is 0 Å². The lowest BCUT2D eigenvalue weighted by Crippen LogP contribution is -2.64. The Hall–Kier alpha value is -3.13. The summed E-state index contributed by atoms with van der Waals surface area (Å²) in [6.07, 6.45) is 3.54. The first-order valence-corrected chi connectivity index (χ1v) is 25.8. The highest BCUT2D eigenvalue weighted by Crippen LogP contribution is 2.39. The third-order valence-corrected chi connectivity index (χ3v) is 16.1. The highest BCUT2D eigenvalue weighted by molar-refractivity contribution is 6.39. The quantitative estimate of drug-likeness (QED) is 0.162. The van der Waals surface area contributed by atoms with Gasteiger partial charge in [0.05, 0.1) is 43.7 Å². The molecule has 14 atom stereocenters. The average Bonchev–Trinajstić information content (AvgIpc) is 3.32. The Balaban J connectivity index is 1.30. The molecule has 2 bridgehead atoms. The van der Waals surface area contributed by atoms with E-state index in [-0.39, 0.29) is 61.9 Å². The average molecular weight is 974 g/mol. The first kappa shape index (κ1) is 55.2. The first-order valence-electron chi connectivity index (χ1n) is 25.8. The molecule has 4 saturated heterocycles. The van der Waals surface area contributed by atoms with Gasteiger partial charge in [-0.05, 0) is 102 Å². The van der Waals surface area contributed by atoms with Crippen molar-refractivity contribution >= 4 is 29.4 Å². The molecule has 390 valence electrons. The van der Waals surface area contributed by atoms with Crippen LogP contribution >= 0.6 is 0 Å². The third kappa shape index (κ3) is 13.5. The van der Waals surface area contributed by atoms with Gasteiger partial charge in [-0.25, -0.2) is 4.79 Å². The Labute approximate surface area is 409 Å². The number of ether oxygens (including phenoxy) is 6. The summed E-state index contributed by atoms with van der Waals surface area (Å²) in [7, 11) is 4.61. The lowest BCUT2D eigenvalue weighted by atomic mass is 9.81. The van der Waals surface area contributed by atoms with Crippen molar-refractivity contribution in [3.63, 3.8) is 0 Å². The summed E-state index contributed by atoms with van der Waals surface area (Å²) in [5, 5.41) is 34.8. The van der Waals surface area contributed by atoms with Crippen molar-refractivity contribution in [1.29, 1.82) is 0 Å². The topological polar surface area (TPSA) is 211 Å². The molecular weight excluding hydrogens is 891 g/mol. The minimum Gasteiger partial charge on any atom is -0.456 e. The van der Waals surface area contributed by atoms with Crippen molar-refractivity contribution in [2.75, 3.05) is 67.3 Å². The van der Waals surface area contributed by atoms with Crippen molar-refractivity contribution in [1.82, 2.24) is 14.7 Å². The van der Waals surface area contributed by atoms with Crippen molar-refractivity contribution in [3.05, 3.63) is 23.3 Å². The lowest BCUT2D eigenvalue weighted by Gasteiger charge is -2.47. The van der Waals surface area contributed by atoms with E-state index in [9.17, 15) is 39.3 Å². The van der Waals surface area contributed by atoms with Crippen LogP contribution in [-0.4, -0.2) is 187 Å². The van der Waals surface area contributed by atoms with Crippen LogP contribution in [0.3, 0.4) is 0 Å². The molecule has 0 spiro atoms. The van der Waals surface area contributed by atoms with Gasteiger partial charge in [-0.2, -0.15) is 0 Å². The molecule has 17 heteroatoms. The number of rotatable bonds is 10. The van der Waals surface area contributed by atoms with Crippen LogP contribution in [-0.2, 0) is 52.4 Å². The number of allylic oxidation sites excluding steroid dienone is 3. The predicted molar refractivity (Wildman–Crippen MR) is 254 cm³/mol. The van der Waals surface area contributed by atoms with E-state index in [2.05, 4.69) is 4.90 Å². The van der Waals surface area contributed by atoms with E-state index in [1.165, 1.54) is 19.1 Å². The number of aliphatic hydroxyl groups is 3. The molecule has 1 saturated carbocycles. The number of piperidine rings is 1. The molecule has 0 aromatic carbocycles. The zero-order valence-corrected chi connectivity index (χ0v) is 42.6. The van der Waals surface area contributed by atoms with E-state index in [0.29, 0.717) is 95.7 Å². The number of Topliss-reactive ketones (excluding diaryl/α,β-unsaturated/α-hetero) is 2. The smallest absolute Gasteiger partial charge is 0.329 e. The van der Waals surface area contributed by atoms with E-state index in [1.807, 2.05) is 37.8 Å². The number of esters is 1. The maximum absolute atomic E-state index is 14.5. The Bertz CT molecular complexity index is 1830. The number of morpholine rings is 1. The number of fused-ring (bicyclic) bond motifs is 3. The number of amides is 2. The number of methoxy groups -OCH3 is 3. The summed E-state index contributed by atoms with van der Waals surface area (Å²) >= 11 is 0. The first-order chi connectivity index (χ1) is 32.9. The van der Waals surface area contributed by atoms with E-state index in [4.69, 9.17) is 28.4 Å². The Morgan fingerprint density at radius 3 is 2.23 bits per heavy atom. The zero-order chi connectivity index (χ0) is 50.2. The van der Waals surface area contributed by atoms with Gasteiger partial charge in [-0.1, -0.05) is 38.5 Å². The van der Waals surface area contributed by atoms with Crippen molar-refractivity contribution < 1.29 is 67.7 Å². The summed E-state index contributed by atoms with van der Waals surface area (Å²) in [4.78, 5) is 76.7. The minimum atomic E-state index is -2.54. The van der Waals surface area contributed by atoms with Gasteiger partial charge in [0.2, 0.25) is 11.7 Å². The molecular formula is C52H83N3O14. The maximum Gasteiger partial charge on any atom is 0.329 e. The predicted octanol–water partition coefficient (Wildman–Crippen LogP) is 3.78. The van der Waals surface area contributed by atoms with Crippen molar-refractivity contribution in [2.45, 2.75) is 179 Å². The Kier molecular flexibility index (Phi) is 20.0. The number of cyclic esters (lactones) is 1. The summed E-state index contributed by atoms with van der Waals surface area (Å²) in [6, 6.07) is -0.841. The summed E-state index contributed by atoms with van der Waals surface area (Å²) in [5.74, 6) is -8.04. The highest BCUT2D eigenvalue weighted by atomic mass is 16.7. The van der Waals surface area contributed by atoms with E-state index >= 15 is 0 Å². The molecule has 17 nitrogen and oxygen atoms in total. The molecule has 0 radical (unpaired) electrons. The number of ketones is 2. The van der Waals surface area contributed by atoms with Crippen LogP contribution in [0, 0.1) is 29.6 Å². The number of likely N-dealkylation sites (tertiary alicyclic amines) is 1. The Morgan fingerprint density at radius 2 is 1.55 bits per heavy atom. The molecule has 3 N–H and O–H groups in total. The minimum absolute atomic E-state index is 0.0416. The summed E-state index contributed by atoms with van der Waals surface area (Å²) in [6.45, 7) is 13.7. The molecule has 6 rings (SSSR count). The largest absolute Gasteiger partial charge is 0.456 e. The highest BCUT2D eigenvalue weighted by Gasteiger charge is 2.56. The van der Waals surface area contributed by atoms with E-state index in [0.717, 1.165) is 18.7 Å². The molecule has 5 heterocycles. The van der Waals surface area contributed by atoms with Crippen LogP contribution in [0.15, 0.2) is 23.3 Å². The van der Waals surface area contributed by atoms with Gasteiger partial charge < -0.3 is 53.5 Å². The van der Waals surface area contributed by atoms with E-state index in [1.54, 1.807) is 21.0 Å². The zero-order valence-electron chi connectivity index (χ0n) is 42.6. The number of aliphatic hydroxyl groups excluding tert-OH is 2. The monoisotopic (exact) mass is 974 g/mol. The second-order valence-corrected chi connectivity index (χ2v) is 21.2. The molecule has 0 aromatic heterocycles. The van der Waals surface area contributed by atoms with Gasteiger partial charge in [0, 0.05) is 90.7 Å². The fraction of sp³-hybridized carbons (Fsp3) is 0.827. The number of nitrogens with zero attached hydrogens (tertiary/aromatic N) is 3. The molecule has 0 unspecified atom stereocenters. The third-order valence-electron chi connectivity index (χ3n) is 16.1. The number of carbonyl (C=O) groups is 5. The number of hydrogen-bond donors (Lipinski definition) is 3. The normalized spacial score (nSPS) is 38.9. The molecule has 2 amide bonds. The van der Waals surface area contributed by atoms with Crippen LogP contribution in [0.4, 0.5) is 0 Å². The molecule has 6 aliphatic rings. The SMILES string of the molecule is CO[C@H]1C[C@@H](C)C/C(C)=C/[C@@H](CCCC(=O)N2CC(N3CCOCC3)C2)C(=O)C[C@H](O)[C@@H](C)[C@@H](/C(C)=C/[C@@H]2CC[C@@H](O)[C@H](OC)C2)OC(=O)[C@@H]2CCCCN2C(=O)C(=O)[C@]2(O)O[C@H]1[C@@H](OC)C[C@H]2C. The van der Waals surface area contributed by atoms with Gasteiger partial charge in [0.25, 0.3) is 11.7 Å².